The van der Waals surface area contributed by atoms with Crippen LogP contribution in [0, 0.1) is 11.8 Å². The fraction of sp³-hybridized carbons (Fsp3) is 0.700. The second kappa shape index (κ2) is 4.88. The van der Waals surface area contributed by atoms with Gasteiger partial charge < -0.3 is 4.74 Å². The molecule has 0 bridgehead atoms. The maximum absolute atomic E-state index is 10.7. The number of likely N-dealkylation sites (tertiary alicyclic amines) is 1. The van der Waals surface area contributed by atoms with Gasteiger partial charge in [0.15, 0.2) is 0 Å². The predicted molar refractivity (Wildman–Crippen MR) is 50.1 cm³/mol. The maximum Gasteiger partial charge on any atom is 0.384 e. The zero-order chi connectivity index (χ0) is 9.68. The Morgan fingerprint density at radius 1 is 1.54 bits per heavy atom. The molecule has 0 aromatic rings. The summed E-state index contributed by atoms with van der Waals surface area (Å²) in [6.45, 7) is 1.07. The molecule has 0 aromatic carbocycles. The van der Waals surface area contributed by atoms with E-state index in [1.165, 1.54) is 20.0 Å². The number of hydrogen-bond acceptors (Lipinski definition) is 3. The summed E-state index contributed by atoms with van der Waals surface area (Å²) in [6, 6.07) is 0.229. The summed E-state index contributed by atoms with van der Waals surface area (Å²) >= 11 is 0. The van der Waals surface area contributed by atoms with Crippen LogP contribution in [0.15, 0.2) is 0 Å². The lowest BCUT2D eigenvalue weighted by atomic mass is 10.0. The molecule has 1 aliphatic rings. The highest BCUT2D eigenvalue weighted by Crippen LogP contribution is 2.13. The van der Waals surface area contributed by atoms with Gasteiger partial charge in [-0.25, -0.2) is 4.79 Å². The van der Waals surface area contributed by atoms with E-state index in [0.717, 1.165) is 13.0 Å². The van der Waals surface area contributed by atoms with Gasteiger partial charge in [0, 0.05) is 5.92 Å². The average Bonchev–Trinajstić information content (AvgIpc) is 2.16. The summed E-state index contributed by atoms with van der Waals surface area (Å²) in [5.41, 5.74) is 0. The Kier molecular flexibility index (Phi) is 3.78. The second-order valence-electron chi connectivity index (χ2n) is 3.25. The molecule has 1 aliphatic heterocycles. The van der Waals surface area contributed by atoms with Crippen LogP contribution >= 0.6 is 0 Å². The van der Waals surface area contributed by atoms with Crippen LogP contribution in [0.1, 0.15) is 19.3 Å². The van der Waals surface area contributed by atoms with Gasteiger partial charge >= 0.3 is 5.97 Å². The minimum Gasteiger partial charge on any atom is -0.459 e. The Morgan fingerprint density at radius 2 is 2.31 bits per heavy atom. The van der Waals surface area contributed by atoms with Gasteiger partial charge in [0.05, 0.1) is 13.2 Å². The molecule has 1 saturated heterocycles. The Morgan fingerprint density at radius 3 is 2.92 bits per heavy atom. The lowest BCUT2D eigenvalue weighted by molar-refractivity contribution is -0.133. The summed E-state index contributed by atoms with van der Waals surface area (Å²) in [7, 11) is 3.39. The first-order chi connectivity index (χ1) is 6.24. The number of carbonyl (C=O) groups excluding carboxylic acids is 1. The molecule has 1 fully saturated rings. The molecular formula is C10H15NO2. The number of nitrogens with zero attached hydrogens (tertiary/aromatic N) is 1. The standard InChI is InChI=1S/C10H15NO2/c1-11-8-4-3-5-9(11)6-7-10(12)13-2/h9H,3-5,8H2,1-2H3. The van der Waals surface area contributed by atoms with Gasteiger partial charge in [-0.1, -0.05) is 5.92 Å². The molecule has 1 rings (SSSR count). The highest BCUT2D eigenvalue weighted by Gasteiger charge is 2.16. The molecule has 0 saturated carbocycles. The highest BCUT2D eigenvalue weighted by molar-refractivity contribution is 5.88. The first-order valence-electron chi connectivity index (χ1n) is 4.54. The lowest BCUT2D eigenvalue weighted by Crippen LogP contribution is -2.35. The van der Waals surface area contributed by atoms with Crippen LogP contribution in [0.4, 0.5) is 0 Å². The largest absolute Gasteiger partial charge is 0.459 e. The van der Waals surface area contributed by atoms with Crippen molar-refractivity contribution in [2.45, 2.75) is 25.3 Å². The monoisotopic (exact) mass is 181 g/mol. The SMILES string of the molecule is COC(=O)C#CC1CCCCN1C. The van der Waals surface area contributed by atoms with Crippen LogP contribution in [0.5, 0.6) is 0 Å². The van der Waals surface area contributed by atoms with E-state index in [2.05, 4.69) is 21.5 Å². The van der Waals surface area contributed by atoms with E-state index in [-0.39, 0.29) is 6.04 Å². The topological polar surface area (TPSA) is 29.5 Å². The van der Waals surface area contributed by atoms with Crippen LogP contribution in [-0.4, -0.2) is 37.6 Å². The summed E-state index contributed by atoms with van der Waals surface area (Å²) < 4.78 is 4.45. The Labute approximate surface area is 79.1 Å². The number of esters is 1. The minimum atomic E-state index is -0.445. The van der Waals surface area contributed by atoms with E-state index in [0.29, 0.717) is 0 Å². The third kappa shape index (κ3) is 3.08. The average molecular weight is 181 g/mol. The number of hydrogen-bond donors (Lipinski definition) is 0. The lowest BCUT2D eigenvalue weighted by Gasteiger charge is -2.28. The molecule has 3 heteroatoms. The van der Waals surface area contributed by atoms with E-state index in [4.69, 9.17) is 0 Å². The van der Waals surface area contributed by atoms with Crippen molar-refractivity contribution >= 4 is 5.97 Å². The number of ether oxygens (including phenoxy) is 1. The Bertz CT molecular complexity index is 239. The molecule has 72 valence electrons. The van der Waals surface area contributed by atoms with Gasteiger partial charge in [0.2, 0.25) is 0 Å². The third-order valence-electron chi connectivity index (χ3n) is 2.30. The number of piperidine rings is 1. The van der Waals surface area contributed by atoms with Crippen molar-refractivity contribution in [1.29, 1.82) is 0 Å². The molecule has 3 nitrogen and oxygen atoms in total. The van der Waals surface area contributed by atoms with Gasteiger partial charge in [-0.3, -0.25) is 4.90 Å². The molecule has 0 spiro atoms. The zero-order valence-electron chi connectivity index (χ0n) is 8.17. The summed E-state index contributed by atoms with van der Waals surface area (Å²) in [6.07, 6.45) is 3.48. The third-order valence-corrected chi connectivity index (χ3v) is 2.30. The van der Waals surface area contributed by atoms with Crippen molar-refractivity contribution in [2.75, 3.05) is 20.7 Å². The zero-order valence-corrected chi connectivity index (χ0v) is 8.17. The van der Waals surface area contributed by atoms with E-state index < -0.39 is 5.97 Å². The van der Waals surface area contributed by atoms with Crippen LogP contribution in [-0.2, 0) is 9.53 Å². The predicted octanol–water partition coefficient (Wildman–Crippen LogP) is 0.647. The number of rotatable bonds is 0. The van der Waals surface area contributed by atoms with Crippen molar-refractivity contribution in [2.24, 2.45) is 0 Å². The fourth-order valence-electron chi connectivity index (χ4n) is 1.45. The van der Waals surface area contributed by atoms with Crippen LogP contribution < -0.4 is 0 Å². The molecule has 0 radical (unpaired) electrons. The molecule has 13 heavy (non-hydrogen) atoms. The van der Waals surface area contributed by atoms with E-state index in [1.807, 2.05) is 7.05 Å². The van der Waals surface area contributed by atoms with Crippen LogP contribution in [0.2, 0.25) is 0 Å². The van der Waals surface area contributed by atoms with Crippen molar-refractivity contribution in [1.82, 2.24) is 4.90 Å². The van der Waals surface area contributed by atoms with Gasteiger partial charge in [-0.05, 0) is 32.9 Å². The minimum absolute atomic E-state index is 0.229. The Hall–Kier alpha value is -1.01. The smallest absolute Gasteiger partial charge is 0.384 e. The van der Waals surface area contributed by atoms with E-state index >= 15 is 0 Å². The first-order valence-corrected chi connectivity index (χ1v) is 4.54. The summed E-state index contributed by atoms with van der Waals surface area (Å²) in [5, 5.41) is 0. The summed E-state index contributed by atoms with van der Waals surface area (Å²) in [4.78, 5) is 12.9. The van der Waals surface area contributed by atoms with Gasteiger partial charge in [-0.15, -0.1) is 0 Å². The first kappa shape index (κ1) is 10.1. The molecular weight excluding hydrogens is 166 g/mol. The quantitative estimate of drug-likeness (QED) is 0.312. The highest BCUT2D eigenvalue weighted by atomic mass is 16.5. The molecule has 1 heterocycles. The second-order valence-corrected chi connectivity index (χ2v) is 3.25. The van der Waals surface area contributed by atoms with Crippen LogP contribution in [0.25, 0.3) is 0 Å². The van der Waals surface area contributed by atoms with Gasteiger partial charge in [-0.2, -0.15) is 0 Å². The number of methoxy groups -OCH3 is 1. The van der Waals surface area contributed by atoms with Gasteiger partial charge in [0.1, 0.15) is 0 Å². The van der Waals surface area contributed by atoms with Crippen molar-refractivity contribution in [3.05, 3.63) is 0 Å². The fourth-order valence-corrected chi connectivity index (χ4v) is 1.45. The molecule has 0 aromatic heterocycles. The molecule has 1 unspecified atom stereocenters. The van der Waals surface area contributed by atoms with Gasteiger partial charge in [0.25, 0.3) is 0 Å². The van der Waals surface area contributed by atoms with Crippen LogP contribution in [0.3, 0.4) is 0 Å². The number of carbonyl (C=O) groups is 1. The Balaban J connectivity index is 2.49. The molecule has 0 N–H and O–H groups in total. The van der Waals surface area contributed by atoms with Crippen molar-refractivity contribution in [3.8, 4) is 11.8 Å². The van der Waals surface area contributed by atoms with Crippen molar-refractivity contribution in [3.63, 3.8) is 0 Å². The van der Waals surface area contributed by atoms with Crippen molar-refractivity contribution < 1.29 is 9.53 Å². The van der Waals surface area contributed by atoms with E-state index in [9.17, 15) is 4.79 Å². The summed E-state index contributed by atoms with van der Waals surface area (Å²) in [5.74, 6) is 4.96. The molecule has 1 atom stereocenters. The maximum atomic E-state index is 10.7. The normalized spacial score (nSPS) is 23.1. The molecule has 0 amide bonds. The molecule has 0 aliphatic carbocycles. The van der Waals surface area contributed by atoms with E-state index in [1.54, 1.807) is 0 Å².